The van der Waals surface area contributed by atoms with Gasteiger partial charge in [-0.05, 0) is 33.0 Å². The van der Waals surface area contributed by atoms with Crippen LogP contribution in [0.2, 0.25) is 0 Å². The molecule has 0 heterocycles. The minimum absolute atomic E-state index is 0.258. The fourth-order valence-electron chi connectivity index (χ4n) is 1.52. The van der Waals surface area contributed by atoms with Crippen molar-refractivity contribution in [1.82, 2.24) is 5.32 Å². The number of ether oxygens (including phenoxy) is 1. The van der Waals surface area contributed by atoms with Crippen LogP contribution < -0.4 is 5.32 Å². The van der Waals surface area contributed by atoms with Gasteiger partial charge in [-0.25, -0.2) is 9.18 Å². The molecule has 0 saturated carbocycles. The molecule has 1 aromatic rings. The number of esters is 1. The maximum absolute atomic E-state index is 13.9. The first-order chi connectivity index (χ1) is 7.95. The van der Waals surface area contributed by atoms with E-state index < -0.39 is 17.3 Å². The highest BCUT2D eigenvalue weighted by Gasteiger charge is 2.37. The average Bonchev–Trinajstić information content (AvgIpc) is 2.28. The second kappa shape index (κ2) is 5.60. The summed E-state index contributed by atoms with van der Waals surface area (Å²) in [7, 11) is 1.60. The van der Waals surface area contributed by atoms with Gasteiger partial charge in [-0.2, -0.15) is 0 Å². The van der Waals surface area contributed by atoms with Crippen LogP contribution >= 0.6 is 15.9 Å². The van der Waals surface area contributed by atoms with E-state index in [4.69, 9.17) is 4.74 Å². The summed E-state index contributed by atoms with van der Waals surface area (Å²) in [5, 5.41) is 2.81. The predicted octanol–water partition coefficient (Wildman–Crippen LogP) is 2.59. The zero-order valence-electron chi connectivity index (χ0n) is 10.0. The van der Waals surface area contributed by atoms with Gasteiger partial charge in [-0.15, -0.1) is 0 Å². The summed E-state index contributed by atoms with van der Waals surface area (Å²) in [4.78, 5) is 11.9. The number of hydrogen-bond acceptors (Lipinski definition) is 3. The molecule has 94 valence electrons. The lowest BCUT2D eigenvalue weighted by Gasteiger charge is -2.27. The molecule has 1 atom stereocenters. The fourth-order valence-corrected chi connectivity index (χ4v) is 1.85. The lowest BCUT2D eigenvalue weighted by atomic mass is 9.92. The van der Waals surface area contributed by atoms with Gasteiger partial charge in [-0.3, -0.25) is 0 Å². The van der Waals surface area contributed by atoms with Gasteiger partial charge >= 0.3 is 5.97 Å². The maximum atomic E-state index is 13.9. The minimum atomic E-state index is -1.18. The van der Waals surface area contributed by atoms with Crippen molar-refractivity contribution in [3.8, 4) is 0 Å². The molecule has 1 unspecified atom stereocenters. The molecule has 0 aliphatic carbocycles. The van der Waals surface area contributed by atoms with E-state index in [2.05, 4.69) is 21.2 Å². The Morgan fingerprint density at radius 2 is 2.24 bits per heavy atom. The van der Waals surface area contributed by atoms with E-state index in [1.165, 1.54) is 6.07 Å². The van der Waals surface area contributed by atoms with Crippen molar-refractivity contribution in [3.05, 3.63) is 34.1 Å². The smallest absolute Gasteiger partial charge is 0.330 e. The molecule has 0 radical (unpaired) electrons. The van der Waals surface area contributed by atoms with Gasteiger partial charge in [0.05, 0.1) is 6.61 Å². The van der Waals surface area contributed by atoms with E-state index in [9.17, 15) is 9.18 Å². The van der Waals surface area contributed by atoms with Crippen LogP contribution in [-0.4, -0.2) is 19.6 Å². The Kier molecular flexibility index (Phi) is 4.65. The van der Waals surface area contributed by atoms with E-state index >= 15 is 0 Å². The quantitative estimate of drug-likeness (QED) is 0.869. The summed E-state index contributed by atoms with van der Waals surface area (Å²) in [5.74, 6) is -0.951. The van der Waals surface area contributed by atoms with Gasteiger partial charge in [-0.1, -0.05) is 22.0 Å². The molecule has 0 fully saturated rings. The molecule has 3 nitrogen and oxygen atoms in total. The van der Waals surface area contributed by atoms with Gasteiger partial charge < -0.3 is 10.1 Å². The number of carbonyl (C=O) groups is 1. The van der Waals surface area contributed by atoms with Crippen LogP contribution in [0.3, 0.4) is 0 Å². The molecule has 1 rings (SSSR count). The Morgan fingerprint density at radius 3 is 2.71 bits per heavy atom. The Labute approximate surface area is 108 Å². The second-order valence-corrected chi connectivity index (χ2v) is 4.64. The first kappa shape index (κ1) is 14.1. The molecule has 0 amide bonds. The maximum Gasteiger partial charge on any atom is 0.330 e. The van der Waals surface area contributed by atoms with E-state index in [-0.39, 0.29) is 12.2 Å². The molecule has 0 bridgehead atoms. The highest BCUT2D eigenvalue weighted by molar-refractivity contribution is 9.10. The van der Waals surface area contributed by atoms with Gasteiger partial charge in [0.25, 0.3) is 0 Å². The molecule has 0 saturated heterocycles. The summed E-state index contributed by atoms with van der Waals surface area (Å²) >= 11 is 3.18. The number of likely N-dealkylation sites (N-methyl/N-ethyl adjacent to an activating group) is 1. The van der Waals surface area contributed by atoms with Crippen molar-refractivity contribution < 1.29 is 13.9 Å². The van der Waals surface area contributed by atoms with Crippen molar-refractivity contribution in [2.45, 2.75) is 19.4 Å². The van der Waals surface area contributed by atoms with Crippen LogP contribution in [-0.2, 0) is 15.1 Å². The average molecular weight is 304 g/mol. The van der Waals surface area contributed by atoms with Crippen molar-refractivity contribution in [2.24, 2.45) is 0 Å². The molecule has 1 N–H and O–H groups in total. The Hall–Kier alpha value is -0.940. The van der Waals surface area contributed by atoms with E-state index in [1.54, 1.807) is 33.0 Å². The monoisotopic (exact) mass is 303 g/mol. The van der Waals surface area contributed by atoms with E-state index in [0.717, 1.165) is 0 Å². The third-order valence-electron chi connectivity index (χ3n) is 2.65. The molecular formula is C12H15BrFNO2. The number of nitrogens with one attached hydrogen (secondary N) is 1. The Balaban J connectivity index is 3.20. The summed E-state index contributed by atoms with van der Waals surface area (Å²) in [6.45, 7) is 3.57. The standard InChI is InChI=1S/C12H15BrFNO2/c1-4-17-11(16)12(2,15-3)9-6-5-8(13)7-10(9)14/h5-7,15H,4H2,1-3H3. The second-order valence-electron chi connectivity index (χ2n) is 3.72. The van der Waals surface area contributed by atoms with Gasteiger partial charge in [0, 0.05) is 10.0 Å². The van der Waals surface area contributed by atoms with Crippen molar-refractivity contribution in [1.29, 1.82) is 0 Å². The molecule has 17 heavy (non-hydrogen) atoms. The zero-order valence-corrected chi connectivity index (χ0v) is 11.6. The largest absolute Gasteiger partial charge is 0.464 e. The Morgan fingerprint density at radius 1 is 1.59 bits per heavy atom. The minimum Gasteiger partial charge on any atom is -0.464 e. The van der Waals surface area contributed by atoms with Crippen molar-refractivity contribution in [2.75, 3.05) is 13.7 Å². The summed E-state index contributed by atoms with van der Waals surface area (Å²) in [5.41, 5.74) is -0.914. The summed E-state index contributed by atoms with van der Waals surface area (Å²) in [6.07, 6.45) is 0. The topological polar surface area (TPSA) is 38.3 Å². The van der Waals surface area contributed by atoms with Crippen LogP contribution in [0, 0.1) is 5.82 Å². The zero-order chi connectivity index (χ0) is 13.1. The van der Waals surface area contributed by atoms with Crippen LogP contribution in [0.15, 0.2) is 22.7 Å². The highest BCUT2D eigenvalue weighted by atomic mass is 79.9. The molecular weight excluding hydrogens is 289 g/mol. The molecule has 0 aliphatic heterocycles. The van der Waals surface area contributed by atoms with Gasteiger partial charge in [0.15, 0.2) is 0 Å². The number of rotatable bonds is 4. The summed E-state index contributed by atoms with van der Waals surface area (Å²) in [6, 6.07) is 4.57. The molecule has 0 aromatic heterocycles. The molecule has 1 aromatic carbocycles. The van der Waals surface area contributed by atoms with Crippen LogP contribution in [0.4, 0.5) is 4.39 Å². The van der Waals surface area contributed by atoms with Crippen LogP contribution in [0.25, 0.3) is 0 Å². The van der Waals surface area contributed by atoms with E-state index in [0.29, 0.717) is 4.47 Å². The predicted molar refractivity (Wildman–Crippen MR) is 67.1 cm³/mol. The van der Waals surface area contributed by atoms with E-state index in [1.807, 2.05) is 0 Å². The Bertz CT molecular complexity index is 425. The number of carbonyl (C=O) groups excluding carboxylic acids is 1. The summed E-state index contributed by atoms with van der Waals surface area (Å²) < 4.78 is 19.4. The third kappa shape index (κ3) is 2.84. The molecule has 0 aliphatic rings. The van der Waals surface area contributed by atoms with Crippen molar-refractivity contribution in [3.63, 3.8) is 0 Å². The number of hydrogen-bond donors (Lipinski definition) is 1. The normalized spacial score (nSPS) is 14.2. The third-order valence-corrected chi connectivity index (χ3v) is 3.15. The van der Waals surface area contributed by atoms with Gasteiger partial charge in [0.2, 0.25) is 0 Å². The fraction of sp³-hybridized carbons (Fsp3) is 0.417. The first-order valence-electron chi connectivity index (χ1n) is 5.27. The first-order valence-corrected chi connectivity index (χ1v) is 6.06. The lowest BCUT2D eigenvalue weighted by molar-refractivity contribution is -0.150. The van der Waals surface area contributed by atoms with Gasteiger partial charge in [0.1, 0.15) is 11.4 Å². The number of halogens is 2. The SMILES string of the molecule is CCOC(=O)C(C)(NC)c1ccc(Br)cc1F. The van der Waals surface area contributed by atoms with Crippen LogP contribution in [0.5, 0.6) is 0 Å². The highest BCUT2D eigenvalue weighted by Crippen LogP contribution is 2.27. The lowest BCUT2D eigenvalue weighted by Crippen LogP contribution is -2.46. The van der Waals surface area contributed by atoms with Crippen molar-refractivity contribution >= 4 is 21.9 Å². The van der Waals surface area contributed by atoms with Crippen LogP contribution in [0.1, 0.15) is 19.4 Å². The number of benzene rings is 1. The molecule has 5 heteroatoms. The molecule has 0 spiro atoms.